The smallest absolute Gasteiger partial charge is 0.340 e. The highest BCUT2D eigenvalue weighted by Crippen LogP contribution is 2.36. The predicted octanol–water partition coefficient (Wildman–Crippen LogP) is 3.23. The van der Waals surface area contributed by atoms with Gasteiger partial charge in [0, 0.05) is 40.6 Å². The van der Waals surface area contributed by atoms with Gasteiger partial charge in [0.05, 0.1) is 17.7 Å². The van der Waals surface area contributed by atoms with Gasteiger partial charge in [0.1, 0.15) is 17.0 Å². The van der Waals surface area contributed by atoms with E-state index in [9.17, 15) is 23.7 Å². The van der Waals surface area contributed by atoms with Crippen LogP contribution in [0.1, 0.15) is 40.0 Å². The summed E-state index contributed by atoms with van der Waals surface area (Å²) in [4.78, 5) is 36.7. The Morgan fingerprint density at radius 1 is 1.23 bits per heavy atom. The van der Waals surface area contributed by atoms with E-state index in [0.29, 0.717) is 6.42 Å². The fraction of sp³-hybridized carbons (Fsp3) is 0.353. The first-order chi connectivity index (χ1) is 12.1. The summed E-state index contributed by atoms with van der Waals surface area (Å²) >= 11 is 6.27. The molecule has 0 fully saturated rings. The molecule has 0 unspecified atom stereocenters. The first-order valence-electron chi connectivity index (χ1n) is 7.64. The van der Waals surface area contributed by atoms with Crippen LogP contribution in [0.5, 0.6) is 0 Å². The van der Waals surface area contributed by atoms with Crippen LogP contribution in [0.4, 0.5) is 5.69 Å². The van der Waals surface area contributed by atoms with Crippen LogP contribution in [-0.2, 0) is 19.3 Å². The Labute approximate surface area is 156 Å². The molecule has 0 saturated carbocycles. The molecule has 0 aromatic heterocycles. The topological polar surface area (TPSA) is 110 Å². The standard InChI is InChI=1S/C17H18ClNO6S/c1-25-17(23)10-8-7-9(14(18)15(10)19-26(2,3)24)16(22)13-11(20)5-4-6-12(13)21/h7-8,20H,4-6H2,1-3H3. The van der Waals surface area contributed by atoms with Crippen LogP contribution >= 0.6 is 11.6 Å². The van der Waals surface area contributed by atoms with Crippen LogP contribution in [0.2, 0.25) is 5.02 Å². The zero-order valence-electron chi connectivity index (χ0n) is 14.5. The van der Waals surface area contributed by atoms with Crippen LogP contribution in [0.25, 0.3) is 0 Å². The van der Waals surface area contributed by atoms with Crippen molar-refractivity contribution >= 4 is 44.6 Å². The van der Waals surface area contributed by atoms with E-state index in [1.807, 2.05) is 0 Å². The zero-order valence-corrected chi connectivity index (χ0v) is 16.1. The summed E-state index contributed by atoms with van der Waals surface area (Å²) < 4.78 is 20.7. The van der Waals surface area contributed by atoms with Crippen molar-refractivity contribution in [3.05, 3.63) is 39.6 Å². The first kappa shape index (κ1) is 20.1. The maximum atomic E-state index is 12.8. The number of hydrogen-bond donors (Lipinski definition) is 1. The SMILES string of the molecule is COC(=O)c1ccc(C(=O)C2=C(O)CCCC2=O)c(Cl)c1N=S(C)(C)=O. The van der Waals surface area contributed by atoms with Gasteiger partial charge >= 0.3 is 5.97 Å². The van der Waals surface area contributed by atoms with Gasteiger partial charge in [-0.2, -0.15) is 4.36 Å². The molecule has 2 rings (SSSR count). The Hall–Kier alpha value is -2.19. The molecular weight excluding hydrogens is 382 g/mol. The Kier molecular flexibility index (Phi) is 5.87. The number of ketones is 2. The summed E-state index contributed by atoms with van der Waals surface area (Å²) in [6.07, 6.45) is 3.53. The lowest BCUT2D eigenvalue weighted by atomic mass is 9.90. The van der Waals surface area contributed by atoms with E-state index in [-0.39, 0.29) is 46.0 Å². The number of halogens is 1. The predicted molar refractivity (Wildman–Crippen MR) is 97.7 cm³/mol. The molecular formula is C17H18ClNO6S. The van der Waals surface area contributed by atoms with Gasteiger partial charge in [-0.3, -0.25) is 9.59 Å². The minimum atomic E-state index is -2.71. The minimum absolute atomic E-state index is 0.0568. The van der Waals surface area contributed by atoms with Gasteiger partial charge < -0.3 is 9.84 Å². The number of hydrogen-bond acceptors (Lipinski definition) is 7. The van der Waals surface area contributed by atoms with Crippen molar-refractivity contribution in [3.8, 4) is 0 Å². The third-order valence-corrected chi connectivity index (χ3v) is 4.69. The van der Waals surface area contributed by atoms with Gasteiger partial charge in [-0.1, -0.05) is 11.6 Å². The number of Topliss-reactive ketones (excluding diaryl/α,β-unsaturated/α-hetero) is 2. The lowest BCUT2D eigenvalue weighted by Gasteiger charge is -2.16. The summed E-state index contributed by atoms with van der Waals surface area (Å²) in [5.74, 6) is -2.28. The molecule has 0 amide bonds. The highest BCUT2D eigenvalue weighted by Gasteiger charge is 2.30. The molecule has 0 atom stereocenters. The molecule has 0 radical (unpaired) electrons. The minimum Gasteiger partial charge on any atom is -0.511 e. The molecule has 26 heavy (non-hydrogen) atoms. The van der Waals surface area contributed by atoms with Crippen molar-refractivity contribution in [2.24, 2.45) is 4.36 Å². The third kappa shape index (κ3) is 4.13. The molecule has 0 heterocycles. The number of ether oxygens (including phenoxy) is 1. The molecule has 0 aliphatic heterocycles. The number of aliphatic hydroxyl groups is 1. The van der Waals surface area contributed by atoms with Crippen LogP contribution < -0.4 is 0 Å². The fourth-order valence-electron chi connectivity index (χ4n) is 2.54. The summed E-state index contributed by atoms with van der Waals surface area (Å²) in [6.45, 7) is 0. The van der Waals surface area contributed by atoms with E-state index in [1.165, 1.54) is 24.6 Å². The zero-order chi connectivity index (χ0) is 19.6. The van der Waals surface area contributed by atoms with E-state index in [0.717, 1.165) is 7.11 Å². The molecule has 1 N–H and O–H groups in total. The monoisotopic (exact) mass is 399 g/mol. The molecule has 0 saturated heterocycles. The number of benzene rings is 1. The van der Waals surface area contributed by atoms with E-state index < -0.39 is 27.3 Å². The van der Waals surface area contributed by atoms with Gasteiger partial charge in [-0.15, -0.1) is 0 Å². The molecule has 1 aliphatic rings. The molecule has 1 aliphatic carbocycles. The van der Waals surface area contributed by atoms with E-state index >= 15 is 0 Å². The largest absolute Gasteiger partial charge is 0.511 e. The van der Waals surface area contributed by atoms with Crippen molar-refractivity contribution in [1.82, 2.24) is 0 Å². The quantitative estimate of drug-likeness (QED) is 0.472. The van der Waals surface area contributed by atoms with Gasteiger partial charge in [-0.25, -0.2) is 9.00 Å². The summed E-state index contributed by atoms with van der Waals surface area (Å²) in [7, 11) is -1.55. The number of carbonyl (C=O) groups is 3. The Morgan fingerprint density at radius 3 is 2.38 bits per heavy atom. The summed E-state index contributed by atoms with van der Waals surface area (Å²) in [5.41, 5.74) is -0.636. The lowest BCUT2D eigenvalue weighted by molar-refractivity contribution is -0.116. The maximum Gasteiger partial charge on any atom is 0.340 e. The molecule has 0 bridgehead atoms. The van der Waals surface area contributed by atoms with E-state index in [4.69, 9.17) is 11.6 Å². The average molecular weight is 400 g/mol. The number of rotatable bonds is 4. The third-order valence-electron chi connectivity index (χ3n) is 3.69. The molecule has 0 spiro atoms. The molecule has 1 aromatic rings. The van der Waals surface area contributed by atoms with Crippen LogP contribution in [0, 0.1) is 0 Å². The van der Waals surface area contributed by atoms with Crippen molar-refractivity contribution in [2.45, 2.75) is 19.3 Å². The maximum absolute atomic E-state index is 12.8. The van der Waals surface area contributed by atoms with Crippen molar-refractivity contribution in [3.63, 3.8) is 0 Å². The lowest BCUT2D eigenvalue weighted by Crippen LogP contribution is -2.20. The fourth-order valence-corrected chi connectivity index (χ4v) is 3.52. The summed E-state index contributed by atoms with van der Waals surface area (Å²) in [6, 6.07) is 2.52. The van der Waals surface area contributed by atoms with Gasteiger partial charge in [0.2, 0.25) is 5.78 Å². The second kappa shape index (κ2) is 7.59. The number of methoxy groups -OCH3 is 1. The second-order valence-electron chi connectivity index (χ2n) is 6.01. The van der Waals surface area contributed by atoms with Crippen molar-refractivity contribution < 1.29 is 28.4 Å². The number of nitrogens with zero attached hydrogens (tertiary/aromatic N) is 1. The number of allylic oxidation sites excluding steroid dienone is 2. The second-order valence-corrected chi connectivity index (χ2v) is 8.94. The van der Waals surface area contributed by atoms with Crippen molar-refractivity contribution in [2.75, 3.05) is 19.6 Å². The Morgan fingerprint density at radius 2 is 1.85 bits per heavy atom. The van der Waals surface area contributed by atoms with Crippen LogP contribution in [-0.4, -0.2) is 46.5 Å². The van der Waals surface area contributed by atoms with Crippen LogP contribution in [0.3, 0.4) is 0 Å². The number of esters is 1. The summed E-state index contributed by atoms with van der Waals surface area (Å²) in [5, 5.41) is 9.72. The first-order valence-corrected chi connectivity index (χ1v) is 10.4. The number of carbonyl (C=O) groups excluding carboxylic acids is 3. The van der Waals surface area contributed by atoms with Crippen LogP contribution in [0.15, 0.2) is 27.8 Å². The van der Waals surface area contributed by atoms with E-state index in [1.54, 1.807) is 0 Å². The highest BCUT2D eigenvalue weighted by molar-refractivity contribution is 7.92. The molecule has 9 heteroatoms. The van der Waals surface area contributed by atoms with E-state index in [2.05, 4.69) is 9.10 Å². The van der Waals surface area contributed by atoms with Gasteiger partial charge in [0.15, 0.2) is 5.78 Å². The van der Waals surface area contributed by atoms with Gasteiger partial charge in [0.25, 0.3) is 0 Å². The normalized spacial score (nSPS) is 15.0. The molecule has 1 aromatic carbocycles. The highest BCUT2D eigenvalue weighted by atomic mass is 35.5. The average Bonchev–Trinajstić information content (AvgIpc) is 2.54. The molecule has 140 valence electrons. The number of aliphatic hydroxyl groups excluding tert-OH is 1. The molecule has 7 nitrogen and oxygen atoms in total. The Bertz CT molecular complexity index is 948. The van der Waals surface area contributed by atoms with Gasteiger partial charge in [-0.05, 0) is 18.6 Å². The van der Waals surface area contributed by atoms with Crippen molar-refractivity contribution in [1.29, 1.82) is 0 Å². The Balaban J connectivity index is 2.71.